The van der Waals surface area contributed by atoms with Crippen molar-refractivity contribution in [1.82, 2.24) is 0 Å². The van der Waals surface area contributed by atoms with Gasteiger partial charge in [-0.15, -0.1) is 0 Å². The van der Waals surface area contributed by atoms with Crippen LogP contribution in [-0.4, -0.2) is 37.2 Å². The second-order valence-corrected chi connectivity index (χ2v) is 18.4. The molecule has 0 fully saturated rings. The van der Waals surface area contributed by atoms with Crippen molar-refractivity contribution < 1.29 is 28.6 Å². The topological polar surface area (TPSA) is 78.9 Å². The van der Waals surface area contributed by atoms with E-state index in [0.717, 1.165) is 103 Å². The summed E-state index contributed by atoms with van der Waals surface area (Å²) in [6.07, 6.45) is 74.0. The molecule has 0 bridgehead atoms. The van der Waals surface area contributed by atoms with Gasteiger partial charge in [-0.25, -0.2) is 0 Å². The Kier molecular flexibility index (Phi) is 52.9. The van der Waals surface area contributed by atoms with E-state index < -0.39 is 6.10 Å². The van der Waals surface area contributed by atoms with Crippen LogP contribution in [0, 0.1) is 0 Å². The standard InChI is InChI=1S/C62H104O6/c1-4-7-10-13-16-19-22-25-27-28-29-30-31-32-33-34-36-37-40-43-46-49-52-55-61(64)67-58-59(57-66-60(63)54-51-48-45-42-39-24-21-18-15-12-9-6-3)68-62(65)56-53-50-47-44-41-38-35-26-23-20-17-14-11-8-5-2/h7-8,10-11,16-17,19-20,25-27,29-30,35,41,44,59H,4-6,9,12-15,18,21-24,28,31-34,36-40,42-43,45-58H2,1-3H3/b10-7-,11-8-,19-16-,20-17-,27-25-,30-29-,35-26-,44-41-. The van der Waals surface area contributed by atoms with Crippen LogP contribution in [0.2, 0.25) is 0 Å². The summed E-state index contributed by atoms with van der Waals surface area (Å²) in [6.45, 7) is 6.38. The van der Waals surface area contributed by atoms with E-state index in [4.69, 9.17) is 14.2 Å². The largest absolute Gasteiger partial charge is 0.462 e. The molecule has 0 aliphatic rings. The lowest BCUT2D eigenvalue weighted by molar-refractivity contribution is -0.167. The minimum Gasteiger partial charge on any atom is -0.462 e. The maximum absolute atomic E-state index is 12.8. The zero-order chi connectivity index (χ0) is 49.3. The predicted octanol–water partition coefficient (Wildman–Crippen LogP) is 18.9. The molecule has 0 rings (SSSR count). The van der Waals surface area contributed by atoms with E-state index in [1.807, 2.05) is 0 Å². The number of ether oxygens (including phenoxy) is 3. The van der Waals surface area contributed by atoms with Gasteiger partial charge in [0.15, 0.2) is 6.10 Å². The van der Waals surface area contributed by atoms with Crippen molar-refractivity contribution in [3.63, 3.8) is 0 Å². The lowest BCUT2D eigenvalue weighted by Crippen LogP contribution is -2.30. The fraction of sp³-hybridized carbons (Fsp3) is 0.694. The molecule has 68 heavy (non-hydrogen) atoms. The number of unbranched alkanes of at least 4 members (excludes halogenated alkanes) is 23. The van der Waals surface area contributed by atoms with E-state index in [0.29, 0.717) is 19.3 Å². The van der Waals surface area contributed by atoms with Crippen LogP contribution in [0.15, 0.2) is 97.2 Å². The summed E-state index contributed by atoms with van der Waals surface area (Å²) in [4.78, 5) is 38.1. The van der Waals surface area contributed by atoms with Crippen LogP contribution in [0.3, 0.4) is 0 Å². The lowest BCUT2D eigenvalue weighted by Gasteiger charge is -2.18. The van der Waals surface area contributed by atoms with Crippen molar-refractivity contribution in [1.29, 1.82) is 0 Å². The first-order valence-electron chi connectivity index (χ1n) is 28.2. The minimum atomic E-state index is -0.800. The third-order valence-electron chi connectivity index (χ3n) is 11.8. The molecule has 388 valence electrons. The second kappa shape index (κ2) is 55.9. The third-order valence-corrected chi connectivity index (χ3v) is 11.8. The normalized spacial score (nSPS) is 12.8. The van der Waals surface area contributed by atoms with Gasteiger partial charge in [0.05, 0.1) is 0 Å². The molecule has 0 spiro atoms. The molecule has 0 radical (unpaired) electrons. The summed E-state index contributed by atoms with van der Waals surface area (Å²) < 4.78 is 16.8. The molecule has 0 aliphatic heterocycles. The first-order chi connectivity index (χ1) is 33.5. The predicted molar refractivity (Wildman–Crippen MR) is 293 cm³/mol. The average Bonchev–Trinajstić information content (AvgIpc) is 3.34. The van der Waals surface area contributed by atoms with Gasteiger partial charge in [0.1, 0.15) is 13.2 Å². The SMILES string of the molecule is CC/C=C\C/C=C\C/C=C\C/C=C\CCCCCCCCCCCCC(=O)OCC(COC(=O)CCCCCCCCCCCCCC)OC(=O)CCCC/C=C\C/C=C\C/C=C\C/C=C\CC. The van der Waals surface area contributed by atoms with Crippen molar-refractivity contribution in [2.45, 2.75) is 264 Å². The molecule has 0 saturated carbocycles. The Morgan fingerprint density at radius 2 is 0.574 bits per heavy atom. The van der Waals surface area contributed by atoms with E-state index in [9.17, 15) is 14.4 Å². The van der Waals surface area contributed by atoms with E-state index in [2.05, 4.69) is 118 Å². The summed E-state index contributed by atoms with van der Waals surface area (Å²) in [6, 6.07) is 0. The fourth-order valence-corrected chi connectivity index (χ4v) is 7.66. The Balaban J connectivity index is 4.36. The van der Waals surface area contributed by atoms with Crippen molar-refractivity contribution in [3.8, 4) is 0 Å². The van der Waals surface area contributed by atoms with Crippen LogP contribution < -0.4 is 0 Å². The highest BCUT2D eigenvalue weighted by molar-refractivity contribution is 5.71. The van der Waals surface area contributed by atoms with Gasteiger partial charge in [0, 0.05) is 19.3 Å². The summed E-state index contributed by atoms with van der Waals surface area (Å²) in [7, 11) is 0. The average molecular weight is 946 g/mol. The number of carbonyl (C=O) groups excluding carboxylic acids is 3. The summed E-state index contributed by atoms with van der Waals surface area (Å²) in [5.74, 6) is -0.938. The number of esters is 3. The molecule has 6 nitrogen and oxygen atoms in total. The molecule has 1 unspecified atom stereocenters. The Bertz CT molecular complexity index is 1360. The van der Waals surface area contributed by atoms with E-state index in [-0.39, 0.29) is 37.5 Å². The van der Waals surface area contributed by atoms with Crippen LogP contribution in [0.1, 0.15) is 258 Å². The van der Waals surface area contributed by atoms with Crippen molar-refractivity contribution >= 4 is 17.9 Å². The zero-order valence-electron chi connectivity index (χ0n) is 44.3. The van der Waals surface area contributed by atoms with Crippen LogP contribution in [-0.2, 0) is 28.6 Å². The molecule has 0 aromatic heterocycles. The van der Waals surface area contributed by atoms with Crippen LogP contribution in [0.25, 0.3) is 0 Å². The molecule has 0 amide bonds. The van der Waals surface area contributed by atoms with Crippen molar-refractivity contribution in [2.24, 2.45) is 0 Å². The molecule has 0 aliphatic carbocycles. The quantitative estimate of drug-likeness (QED) is 0.0262. The second-order valence-electron chi connectivity index (χ2n) is 18.4. The summed E-state index contributed by atoms with van der Waals surface area (Å²) >= 11 is 0. The van der Waals surface area contributed by atoms with Crippen LogP contribution in [0.5, 0.6) is 0 Å². The van der Waals surface area contributed by atoms with Crippen LogP contribution >= 0.6 is 0 Å². The molecule has 1 atom stereocenters. The zero-order valence-corrected chi connectivity index (χ0v) is 44.3. The number of carbonyl (C=O) groups is 3. The van der Waals surface area contributed by atoms with Crippen molar-refractivity contribution in [3.05, 3.63) is 97.2 Å². The molecule has 0 aromatic carbocycles. The van der Waals surface area contributed by atoms with Gasteiger partial charge in [-0.05, 0) is 96.3 Å². The smallest absolute Gasteiger partial charge is 0.306 e. The fourth-order valence-electron chi connectivity index (χ4n) is 7.66. The van der Waals surface area contributed by atoms with Gasteiger partial charge < -0.3 is 14.2 Å². The summed E-state index contributed by atoms with van der Waals surface area (Å²) in [5.41, 5.74) is 0. The lowest BCUT2D eigenvalue weighted by atomic mass is 10.0. The molecule has 0 saturated heterocycles. The van der Waals surface area contributed by atoms with Crippen molar-refractivity contribution in [2.75, 3.05) is 13.2 Å². The Hall–Kier alpha value is -3.67. The number of allylic oxidation sites excluding steroid dienone is 16. The van der Waals surface area contributed by atoms with Gasteiger partial charge in [-0.1, -0.05) is 240 Å². The molecular formula is C62H104O6. The van der Waals surface area contributed by atoms with Gasteiger partial charge in [-0.3, -0.25) is 14.4 Å². The molecule has 0 N–H and O–H groups in total. The maximum atomic E-state index is 12.8. The number of rotatable bonds is 50. The molecular weight excluding hydrogens is 841 g/mol. The molecule has 0 aromatic rings. The Morgan fingerprint density at radius 3 is 0.926 bits per heavy atom. The van der Waals surface area contributed by atoms with Gasteiger partial charge in [-0.2, -0.15) is 0 Å². The van der Waals surface area contributed by atoms with Gasteiger partial charge in [0.25, 0.3) is 0 Å². The summed E-state index contributed by atoms with van der Waals surface area (Å²) in [5, 5.41) is 0. The van der Waals surface area contributed by atoms with Gasteiger partial charge >= 0.3 is 17.9 Å². The van der Waals surface area contributed by atoms with E-state index in [1.165, 1.54) is 109 Å². The third kappa shape index (κ3) is 53.3. The first kappa shape index (κ1) is 64.3. The number of hydrogen-bond acceptors (Lipinski definition) is 6. The molecule has 0 heterocycles. The highest BCUT2D eigenvalue weighted by Gasteiger charge is 2.19. The van der Waals surface area contributed by atoms with Crippen LogP contribution in [0.4, 0.5) is 0 Å². The minimum absolute atomic E-state index is 0.0939. The highest BCUT2D eigenvalue weighted by atomic mass is 16.6. The first-order valence-corrected chi connectivity index (χ1v) is 28.2. The highest BCUT2D eigenvalue weighted by Crippen LogP contribution is 2.15. The Morgan fingerprint density at radius 1 is 0.309 bits per heavy atom. The van der Waals surface area contributed by atoms with E-state index in [1.54, 1.807) is 0 Å². The molecule has 6 heteroatoms. The maximum Gasteiger partial charge on any atom is 0.306 e. The van der Waals surface area contributed by atoms with Gasteiger partial charge in [0.2, 0.25) is 0 Å². The Labute approximate surface area is 419 Å². The van der Waals surface area contributed by atoms with E-state index >= 15 is 0 Å². The monoisotopic (exact) mass is 945 g/mol. The number of hydrogen-bond donors (Lipinski definition) is 0.